The maximum absolute atomic E-state index is 10.2. The molecule has 0 radical (unpaired) electrons. The molecular weight excluding hydrogens is 186 g/mol. The lowest BCUT2D eigenvalue weighted by Gasteiger charge is -2.01. The fourth-order valence-electron chi connectivity index (χ4n) is 0.532. The quantitative estimate of drug-likeness (QED) is 0.633. The summed E-state index contributed by atoms with van der Waals surface area (Å²) >= 11 is -2.08. The molecular formula is C9H15NO2S. The Hall–Kier alpha value is -0.710. The highest BCUT2D eigenvalue weighted by Crippen LogP contribution is 2.00. The van der Waals surface area contributed by atoms with Crippen molar-refractivity contribution in [2.24, 2.45) is 0 Å². The van der Waals surface area contributed by atoms with Gasteiger partial charge in [-0.2, -0.15) is 0 Å². The second kappa shape index (κ2) is 6.77. The van der Waals surface area contributed by atoms with Crippen molar-refractivity contribution in [3.63, 3.8) is 0 Å². The van der Waals surface area contributed by atoms with E-state index in [0.29, 0.717) is 4.90 Å². The standard InChI is InChI=1S/C6H6O2S.C3H9N/c7-9(8)6-4-2-1-3-5-6;1-4(2)3/h1-5H,(H,7,8);1-3H3. The Bertz CT molecular complexity index is 246. The van der Waals surface area contributed by atoms with Crippen LogP contribution in [0, 0.1) is 0 Å². The number of benzene rings is 1. The number of hydrogen-bond donors (Lipinski definition) is 1. The van der Waals surface area contributed by atoms with Crippen LogP contribution >= 0.6 is 0 Å². The van der Waals surface area contributed by atoms with Gasteiger partial charge in [0.25, 0.3) is 0 Å². The molecule has 1 N–H and O–H groups in total. The zero-order chi connectivity index (χ0) is 10.3. The first-order valence-electron chi connectivity index (χ1n) is 3.95. The number of hydrogen-bond acceptors (Lipinski definition) is 2. The lowest BCUT2D eigenvalue weighted by Crippen LogP contribution is -3.02. The molecule has 1 aromatic carbocycles. The van der Waals surface area contributed by atoms with Crippen molar-refractivity contribution in [3.8, 4) is 0 Å². The second-order valence-corrected chi connectivity index (χ2v) is 3.99. The number of quaternary nitrogens is 1. The molecule has 0 fully saturated rings. The summed E-state index contributed by atoms with van der Waals surface area (Å²) in [5.41, 5.74) is 0. The van der Waals surface area contributed by atoms with Gasteiger partial charge < -0.3 is 9.45 Å². The molecule has 0 spiro atoms. The van der Waals surface area contributed by atoms with E-state index in [1.165, 1.54) is 4.90 Å². The molecule has 1 rings (SSSR count). The zero-order valence-electron chi connectivity index (χ0n) is 8.11. The van der Waals surface area contributed by atoms with E-state index < -0.39 is 11.1 Å². The summed E-state index contributed by atoms with van der Waals surface area (Å²) in [5.74, 6) is 0. The Morgan fingerprint density at radius 1 is 1.15 bits per heavy atom. The first kappa shape index (κ1) is 12.3. The van der Waals surface area contributed by atoms with Crippen LogP contribution in [0.5, 0.6) is 0 Å². The van der Waals surface area contributed by atoms with Gasteiger partial charge in [-0.1, -0.05) is 18.2 Å². The van der Waals surface area contributed by atoms with Crippen LogP contribution in [0.4, 0.5) is 0 Å². The summed E-state index contributed by atoms with van der Waals surface area (Å²) in [6, 6.07) is 8.23. The molecule has 13 heavy (non-hydrogen) atoms. The van der Waals surface area contributed by atoms with Crippen LogP contribution in [0.15, 0.2) is 35.2 Å². The largest absolute Gasteiger partial charge is 0.768 e. The monoisotopic (exact) mass is 201 g/mol. The van der Waals surface area contributed by atoms with E-state index in [4.69, 9.17) is 0 Å². The molecule has 0 bridgehead atoms. The Labute approximate surface area is 81.7 Å². The third-order valence-corrected chi connectivity index (χ3v) is 1.59. The van der Waals surface area contributed by atoms with Gasteiger partial charge in [0, 0.05) is 4.90 Å². The molecule has 1 unspecified atom stereocenters. The van der Waals surface area contributed by atoms with Crippen LogP contribution < -0.4 is 4.90 Å². The smallest absolute Gasteiger partial charge is 0.0661 e. The lowest BCUT2D eigenvalue weighted by atomic mass is 10.4. The first-order valence-corrected chi connectivity index (χ1v) is 5.02. The average Bonchev–Trinajstić information content (AvgIpc) is 2.05. The topological polar surface area (TPSA) is 44.6 Å². The van der Waals surface area contributed by atoms with Crippen LogP contribution in [-0.2, 0) is 11.1 Å². The Morgan fingerprint density at radius 3 is 1.77 bits per heavy atom. The summed E-state index contributed by atoms with van der Waals surface area (Å²) in [4.78, 5) is 1.75. The Kier molecular flexibility index (Phi) is 6.40. The normalized spacial score (nSPS) is 11.8. The van der Waals surface area contributed by atoms with E-state index in [1.807, 2.05) is 0 Å². The maximum atomic E-state index is 10.2. The van der Waals surface area contributed by atoms with Crippen LogP contribution in [0.2, 0.25) is 0 Å². The Morgan fingerprint density at radius 2 is 1.54 bits per heavy atom. The lowest BCUT2D eigenvalue weighted by molar-refractivity contribution is -0.836. The molecule has 0 aromatic heterocycles. The summed E-state index contributed by atoms with van der Waals surface area (Å²) < 4.78 is 20.4. The van der Waals surface area contributed by atoms with E-state index in [9.17, 15) is 8.76 Å². The van der Waals surface area contributed by atoms with Gasteiger partial charge in [-0.05, 0) is 23.2 Å². The van der Waals surface area contributed by atoms with Gasteiger partial charge in [-0.3, -0.25) is 4.21 Å². The minimum absolute atomic E-state index is 0.331. The molecule has 0 aliphatic rings. The van der Waals surface area contributed by atoms with Gasteiger partial charge in [-0.15, -0.1) is 0 Å². The van der Waals surface area contributed by atoms with E-state index in [2.05, 4.69) is 21.1 Å². The van der Waals surface area contributed by atoms with E-state index in [0.717, 1.165) is 0 Å². The van der Waals surface area contributed by atoms with Crippen molar-refractivity contribution in [3.05, 3.63) is 30.3 Å². The summed E-state index contributed by atoms with van der Waals surface area (Å²) in [5, 5.41) is 0. The number of rotatable bonds is 1. The maximum Gasteiger partial charge on any atom is 0.0661 e. The average molecular weight is 201 g/mol. The fraction of sp³-hybridized carbons (Fsp3) is 0.333. The summed E-state index contributed by atoms with van der Waals surface area (Å²) in [6.45, 7) is 0. The molecule has 0 saturated carbocycles. The summed E-state index contributed by atoms with van der Waals surface area (Å²) in [7, 11) is 6.25. The molecule has 0 aliphatic heterocycles. The minimum Gasteiger partial charge on any atom is -0.768 e. The van der Waals surface area contributed by atoms with Gasteiger partial charge in [0.2, 0.25) is 0 Å². The van der Waals surface area contributed by atoms with Gasteiger partial charge >= 0.3 is 0 Å². The molecule has 3 nitrogen and oxygen atoms in total. The summed E-state index contributed by atoms with van der Waals surface area (Å²) in [6.07, 6.45) is 0. The second-order valence-electron chi connectivity index (χ2n) is 3.05. The van der Waals surface area contributed by atoms with Gasteiger partial charge in [-0.25, -0.2) is 0 Å². The van der Waals surface area contributed by atoms with Crippen molar-refractivity contribution >= 4 is 11.1 Å². The van der Waals surface area contributed by atoms with Crippen LogP contribution in [0.1, 0.15) is 0 Å². The van der Waals surface area contributed by atoms with E-state index >= 15 is 0 Å². The van der Waals surface area contributed by atoms with Crippen LogP contribution in [0.25, 0.3) is 0 Å². The molecule has 0 saturated heterocycles. The number of nitrogens with one attached hydrogen (secondary N) is 1. The van der Waals surface area contributed by atoms with E-state index in [-0.39, 0.29) is 0 Å². The molecule has 4 heteroatoms. The van der Waals surface area contributed by atoms with Crippen molar-refractivity contribution < 1.29 is 13.7 Å². The third-order valence-electron chi connectivity index (χ3n) is 0.936. The van der Waals surface area contributed by atoms with Gasteiger partial charge in [0.15, 0.2) is 0 Å². The third kappa shape index (κ3) is 7.64. The van der Waals surface area contributed by atoms with Crippen LogP contribution in [-0.4, -0.2) is 29.9 Å². The molecule has 0 heterocycles. The van der Waals surface area contributed by atoms with Gasteiger partial charge in [0.1, 0.15) is 0 Å². The van der Waals surface area contributed by atoms with Crippen molar-refractivity contribution in [2.75, 3.05) is 21.1 Å². The highest BCUT2D eigenvalue weighted by atomic mass is 32.2. The first-order chi connectivity index (χ1) is 6.04. The minimum atomic E-state index is -2.08. The Balaban J connectivity index is 0.000000310. The predicted molar refractivity (Wildman–Crippen MR) is 52.4 cm³/mol. The highest BCUT2D eigenvalue weighted by molar-refractivity contribution is 7.79. The van der Waals surface area contributed by atoms with Gasteiger partial charge in [0.05, 0.1) is 21.1 Å². The predicted octanol–water partition coefficient (Wildman–Crippen LogP) is -0.315. The molecule has 0 amide bonds. The SMILES string of the molecule is C[NH+](C)C.O=S([O-])c1ccccc1. The zero-order valence-corrected chi connectivity index (χ0v) is 8.93. The molecule has 74 valence electrons. The fourth-order valence-corrected chi connectivity index (χ4v) is 0.911. The van der Waals surface area contributed by atoms with Crippen molar-refractivity contribution in [1.29, 1.82) is 0 Å². The van der Waals surface area contributed by atoms with Crippen molar-refractivity contribution in [1.82, 2.24) is 0 Å². The van der Waals surface area contributed by atoms with Crippen LogP contribution in [0.3, 0.4) is 0 Å². The van der Waals surface area contributed by atoms with E-state index in [1.54, 1.807) is 30.3 Å². The van der Waals surface area contributed by atoms with Crippen molar-refractivity contribution in [2.45, 2.75) is 4.90 Å². The molecule has 0 aliphatic carbocycles. The molecule has 1 aromatic rings. The molecule has 1 atom stereocenters. The highest BCUT2D eigenvalue weighted by Gasteiger charge is 1.84.